The van der Waals surface area contributed by atoms with E-state index in [0.29, 0.717) is 6.54 Å². The van der Waals surface area contributed by atoms with Crippen molar-refractivity contribution in [3.8, 4) is 0 Å². The highest BCUT2D eigenvalue weighted by molar-refractivity contribution is 9.10. The van der Waals surface area contributed by atoms with E-state index in [-0.39, 0.29) is 5.54 Å². The van der Waals surface area contributed by atoms with Gasteiger partial charge >= 0.3 is 0 Å². The van der Waals surface area contributed by atoms with Crippen LogP contribution >= 0.6 is 27.7 Å². The van der Waals surface area contributed by atoms with Gasteiger partial charge in [0.15, 0.2) is 0 Å². The Labute approximate surface area is 122 Å². The van der Waals surface area contributed by atoms with Gasteiger partial charge < -0.3 is 5.73 Å². The molecular formula is C14H21BrN2S. The lowest BCUT2D eigenvalue weighted by Crippen LogP contribution is -2.55. The maximum atomic E-state index is 6.06. The van der Waals surface area contributed by atoms with Crippen LogP contribution in [0.2, 0.25) is 0 Å². The number of nitrogens with two attached hydrogens (primary N) is 1. The topological polar surface area (TPSA) is 29.3 Å². The average molecular weight is 329 g/mol. The molecule has 2 nitrogen and oxygen atoms in total. The van der Waals surface area contributed by atoms with E-state index < -0.39 is 0 Å². The largest absolute Gasteiger partial charge is 0.329 e. The lowest BCUT2D eigenvalue weighted by molar-refractivity contribution is 0.123. The molecule has 18 heavy (non-hydrogen) atoms. The van der Waals surface area contributed by atoms with Gasteiger partial charge in [-0.05, 0) is 31.0 Å². The van der Waals surface area contributed by atoms with E-state index in [2.05, 4.69) is 52.0 Å². The minimum Gasteiger partial charge on any atom is -0.329 e. The molecule has 100 valence electrons. The summed E-state index contributed by atoms with van der Waals surface area (Å²) in [6.07, 6.45) is 1.03. The standard InChI is InChI=1S/C14H21BrN2S/c1-14(11-16,17-6-8-18-9-7-17)10-12-2-4-13(15)5-3-12/h2-5H,6-11,16H2,1H3. The van der Waals surface area contributed by atoms with Gasteiger partial charge in [-0.25, -0.2) is 0 Å². The summed E-state index contributed by atoms with van der Waals surface area (Å²) in [6.45, 7) is 5.34. The van der Waals surface area contributed by atoms with Crippen molar-refractivity contribution in [2.24, 2.45) is 5.73 Å². The van der Waals surface area contributed by atoms with Crippen LogP contribution in [0.3, 0.4) is 0 Å². The van der Waals surface area contributed by atoms with Gasteiger partial charge in [-0.15, -0.1) is 0 Å². The molecule has 1 saturated heterocycles. The quantitative estimate of drug-likeness (QED) is 0.921. The molecule has 0 aromatic heterocycles. The van der Waals surface area contributed by atoms with Gasteiger partial charge in [-0.3, -0.25) is 4.90 Å². The first-order valence-corrected chi connectivity index (χ1v) is 8.36. The van der Waals surface area contributed by atoms with Crippen LogP contribution in [0.4, 0.5) is 0 Å². The second-order valence-corrected chi connectivity index (χ2v) is 7.24. The molecule has 1 heterocycles. The molecule has 2 N–H and O–H groups in total. The van der Waals surface area contributed by atoms with Gasteiger partial charge in [0.1, 0.15) is 0 Å². The van der Waals surface area contributed by atoms with Crippen molar-refractivity contribution < 1.29 is 0 Å². The molecule has 2 rings (SSSR count). The number of rotatable bonds is 4. The van der Waals surface area contributed by atoms with E-state index in [1.165, 1.54) is 17.1 Å². The van der Waals surface area contributed by atoms with Gasteiger partial charge in [0, 0.05) is 41.2 Å². The number of hydrogen-bond acceptors (Lipinski definition) is 3. The molecule has 0 aliphatic carbocycles. The third-order valence-electron chi connectivity index (χ3n) is 3.71. The Morgan fingerprint density at radius 2 is 1.89 bits per heavy atom. The van der Waals surface area contributed by atoms with Crippen LogP contribution in [-0.4, -0.2) is 41.6 Å². The Morgan fingerprint density at radius 3 is 2.44 bits per heavy atom. The number of halogens is 1. The smallest absolute Gasteiger partial charge is 0.0344 e. The highest BCUT2D eigenvalue weighted by Gasteiger charge is 2.31. The van der Waals surface area contributed by atoms with Crippen molar-refractivity contribution in [3.05, 3.63) is 34.3 Å². The van der Waals surface area contributed by atoms with Crippen LogP contribution in [0.1, 0.15) is 12.5 Å². The number of nitrogens with zero attached hydrogens (tertiary/aromatic N) is 1. The Bertz CT molecular complexity index is 376. The van der Waals surface area contributed by atoms with E-state index in [4.69, 9.17) is 5.73 Å². The van der Waals surface area contributed by atoms with Crippen LogP contribution in [0.25, 0.3) is 0 Å². The summed E-state index contributed by atoms with van der Waals surface area (Å²) in [5.74, 6) is 2.46. The molecule has 1 fully saturated rings. The van der Waals surface area contributed by atoms with Crippen molar-refractivity contribution in [1.82, 2.24) is 4.90 Å². The second kappa shape index (κ2) is 6.42. The summed E-state index contributed by atoms with van der Waals surface area (Å²) in [6, 6.07) is 8.60. The van der Waals surface area contributed by atoms with Crippen LogP contribution in [0.15, 0.2) is 28.7 Å². The Hall–Kier alpha value is -0.0300. The highest BCUT2D eigenvalue weighted by atomic mass is 79.9. The summed E-state index contributed by atoms with van der Waals surface area (Å²) >= 11 is 5.53. The van der Waals surface area contributed by atoms with E-state index in [0.717, 1.165) is 24.0 Å². The lowest BCUT2D eigenvalue weighted by atomic mass is 9.90. The molecule has 0 saturated carbocycles. The van der Waals surface area contributed by atoms with Crippen molar-refractivity contribution in [2.75, 3.05) is 31.1 Å². The zero-order chi connectivity index (χ0) is 13.0. The molecule has 0 radical (unpaired) electrons. The zero-order valence-corrected chi connectivity index (χ0v) is 13.3. The number of hydrogen-bond donors (Lipinski definition) is 1. The predicted octanol–water partition coefficient (Wildman–Crippen LogP) is 2.76. The lowest BCUT2D eigenvalue weighted by Gasteiger charge is -2.43. The average Bonchev–Trinajstić information content (AvgIpc) is 2.42. The van der Waals surface area contributed by atoms with Crippen molar-refractivity contribution in [2.45, 2.75) is 18.9 Å². The summed E-state index contributed by atoms with van der Waals surface area (Å²) < 4.78 is 1.13. The Balaban J connectivity index is 2.08. The Kier molecular flexibility index (Phi) is 5.13. The molecule has 0 bridgehead atoms. The summed E-state index contributed by atoms with van der Waals surface area (Å²) in [5.41, 5.74) is 7.52. The Morgan fingerprint density at radius 1 is 1.28 bits per heavy atom. The molecule has 1 aromatic rings. The van der Waals surface area contributed by atoms with E-state index >= 15 is 0 Å². The fourth-order valence-corrected chi connectivity index (χ4v) is 3.63. The molecule has 1 aliphatic heterocycles. The third kappa shape index (κ3) is 3.50. The van der Waals surface area contributed by atoms with Crippen LogP contribution in [-0.2, 0) is 6.42 Å². The van der Waals surface area contributed by atoms with Crippen LogP contribution in [0, 0.1) is 0 Å². The highest BCUT2D eigenvalue weighted by Crippen LogP contribution is 2.24. The molecule has 1 atom stereocenters. The third-order valence-corrected chi connectivity index (χ3v) is 5.18. The number of thioether (sulfide) groups is 1. The molecule has 1 aliphatic rings. The SMILES string of the molecule is CC(CN)(Cc1ccc(Br)cc1)N1CCSCC1. The monoisotopic (exact) mass is 328 g/mol. The summed E-state index contributed by atoms with van der Waals surface area (Å²) in [7, 11) is 0. The van der Waals surface area contributed by atoms with Crippen LogP contribution in [0.5, 0.6) is 0 Å². The minimum absolute atomic E-state index is 0.0921. The van der Waals surface area contributed by atoms with Crippen molar-refractivity contribution in [3.63, 3.8) is 0 Å². The molecule has 4 heteroatoms. The minimum atomic E-state index is 0.0921. The van der Waals surface area contributed by atoms with Gasteiger partial charge in [0.2, 0.25) is 0 Å². The van der Waals surface area contributed by atoms with E-state index in [1.54, 1.807) is 0 Å². The summed E-state index contributed by atoms with van der Waals surface area (Å²) in [5, 5.41) is 0. The predicted molar refractivity (Wildman–Crippen MR) is 84.2 cm³/mol. The molecule has 1 aromatic carbocycles. The first-order chi connectivity index (χ1) is 8.64. The maximum absolute atomic E-state index is 6.06. The van der Waals surface area contributed by atoms with Gasteiger partial charge in [-0.1, -0.05) is 28.1 Å². The van der Waals surface area contributed by atoms with Crippen molar-refractivity contribution in [1.29, 1.82) is 0 Å². The fraction of sp³-hybridized carbons (Fsp3) is 0.571. The molecule has 0 amide bonds. The number of benzene rings is 1. The maximum Gasteiger partial charge on any atom is 0.0344 e. The molecule has 0 spiro atoms. The fourth-order valence-electron chi connectivity index (χ4n) is 2.46. The normalized spacial score (nSPS) is 20.6. The molecule has 1 unspecified atom stereocenters. The van der Waals surface area contributed by atoms with Crippen molar-refractivity contribution >= 4 is 27.7 Å². The van der Waals surface area contributed by atoms with Crippen LogP contribution < -0.4 is 5.73 Å². The first-order valence-electron chi connectivity index (χ1n) is 6.41. The summed E-state index contributed by atoms with van der Waals surface area (Å²) in [4.78, 5) is 2.56. The van der Waals surface area contributed by atoms with Gasteiger partial charge in [-0.2, -0.15) is 11.8 Å². The van der Waals surface area contributed by atoms with E-state index in [1.807, 2.05) is 11.8 Å². The van der Waals surface area contributed by atoms with Gasteiger partial charge in [0.25, 0.3) is 0 Å². The second-order valence-electron chi connectivity index (χ2n) is 5.10. The van der Waals surface area contributed by atoms with E-state index in [9.17, 15) is 0 Å². The molecular weight excluding hydrogens is 308 g/mol. The first kappa shape index (κ1) is 14.4. The van der Waals surface area contributed by atoms with Gasteiger partial charge in [0.05, 0.1) is 0 Å². The zero-order valence-electron chi connectivity index (χ0n) is 10.9.